The molecule has 39 heavy (non-hydrogen) atoms. The third-order valence-corrected chi connectivity index (χ3v) is 8.39. The first-order chi connectivity index (χ1) is 18.3. The average Bonchev–Trinajstić information content (AvgIpc) is 2.86. The molecule has 1 N–H and O–H groups in total. The highest BCUT2D eigenvalue weighted by Crippen LogP contribution is 2.30. The third kappa shape index (κ3) is 9.45. The molecule has 0 radical (unpaired) electrons. The summed E-state index contributed by atoms with van der Waals surface area (Å²) in [6.07, 6.45) is 2.45. The normalized spacial score (nSPS) is 12.9. The summed E-state index contributed by atoms with van der Waals surface area (Å²) in [5.74, 6) is -0.133. The van der Waals surface area contributed by atoms with Crippen molar-refractivity contribution < 1.29 is 22.7 Å². The van der Waals surface area contributed by atoms with E-state index >= 15 is 0 Å². The lowest BCUT2D eigenvalue weighted by atomic mass is 10.1. The molecule has 12 heteroatoms. The lowest BCUT2D eigenvalue weighted by Crippen LogP contribution is -2.50. The molecule has 0 aliphatic heterocycles. The van der Waals surface area contributed by atoms with Gasteiger partial charge in [-0.2, -0.15) is 0 Å². The van der Waals surface area contributed by atoms with Crippen LogP contribution in [0.3, 0.4) is 0 Å². The Morgan fingerprint density at radius 2 is 1.72 bits per heavy atom. The van der Waals surface area contributed by atoms with Crippen LogP contribution in [0.2, 0.25) is 15.1 Å². The molecule has 0 unspecified atom stereocenters. The zero-order chi connectivity index (χ0) is 29.3. The number of methoxy groups -OCH3 is 1. The Hall–Kier alpha value is -2.20. The maximum atomic E-state index is 13.6. The second-order valence-corrected chi connectivity index (χ2v) is 12.4. The van der Waals surface area contributed by atoms with Gasteiger partial charge in [0.1, 0.15) is 11.8 Å². The predicted octanol–water partition coefficient (Wildman–Crippen LogP) is 5.92. The molecule has 0 aliphatic rings. The zero-order valence-electron chi connectivity index (χ0n) is 22.8. The smallest absolute Gasteiger partial charge is 0.243 e. The van der Waals surface area contributed by atoms with E-state index in [1.54, 1.807) is 30.3 Å². The van der Waals surface area contributed by atoms with E-state index in [1.807, 2.05) is 20.8 Å². The van der Waals surface area contributed by atoms with Crippen LogP contribution in [0.5, 0.6) is 5.75 Å². The van der Waals surface area contributed by atoms with E-state index in [2.05, 4.69) is 5.32 Å². The minimum Gasteiger partial charge on any atom is -0.495 e. The minimum atomic E-state index is -3.67. The number of carbonyl (C=O) groups excluding carboxylic acids is 2. The minimum absolute atomic E-state index is 0.00816. The maximum Gasteiger partial charge on any atom is 0.243 e. The van der Waals surface area contributed by atoms with Crippen LogP contribution in [0, 0.1) is 0 Å². The molecule has 0 aromatic heterocycles. The van der Waals surface area contributed by atoms with Gasteiger partial charge in [0.05, 0.1) is 24.1 Å². The van der Waals surface area contributed by atoms with Crippen molar-refractivity contribution in [3.05, 3.63) is 57.0 Å². The number of nitrogens with zero attached hydrogens (tertiary/aromatic N) is 2. The number of hydrogen-bond acceptors (Lipinski definition) is 5. The topological polar surface area (TPSA) is 96.0 Å². The van der Waals surface area contributed by atoms with Crippen molar-refractivity contribution in [1.82, 2.24) is 10.2 Å². The monoisotopic (exact) mass is 619 g/mol. The second-order valence-electron chi connectivity index (χ2n) is 9.26. The Morgan fingerprint density at radius 3 is 2.26 bits per heavy atom. The Labute approximate surface area is 246 Å². The lowest BCUT2D eigenvalue weighted by Gasteiger charge is -2.32. The average molecular weight is 621 g/mol. The highest BCUT2D eigenvalue weighted by molar-refractivity contribution is 7.92. The van der Waals surface area contributed by atoms with Crippen LogP contribution >= 0.6 is 34.8 Å². The summed E-state index contributed by atoms with van der Waals surface area (Å²) in [4.78, 5) is 28.2. The van der Waals surface area contributed by atoms with Gasteiger partial charge in [0.25, 0.3) is 0 Å². The number of benzene rings is 2. The lowest BCUT2D eigenvalue weighted by molar-refractivity contribution is -0.141. The van der Waals surface area contributed by atoms with Crippen LogP contribution in [0.15, 0.2) is 36.4 Å². The Morgan fingerprint density at radius 1 is 1.03 bits per heavy atom. The second kappa shape index (κ2) is 15.0. The van der Waals surface area contributed by atoms with Crippen molar-refractivity contribution in [3.8, 4) is 5.75 Å². The summed E-state index contributed by atoms with van der Waals surface area (Å²) in [5.41, 5.74) is 1.01. The molecule has 0 saturated carbocycles. The fraction of sp³-hybridized carbons (Fsp3) is 0.481. The van der Waals surface area contributed by atoms with Gasteiger partial charge in [-0.25, -0.2) is 8.42 Å². The summed E-state index contributed by atoms with van der Waals surface area (Å²) < 4.78 is 31.5. The van der Waals surface area contributed by atoms with E-state index in [9.17, 15) is 18.0 Å². The highest BCUT2D eigenvalue weighted by Gasteiger charge is 2.30. The van der Waals surface area contributed by atoms with Gasteiger partial charge >= 0.3 is 0 Å². The van der Waals surface area contributed by atoms with Gasteiger partial charge in [-0.05, 0) is 62.1 Å². The van der Waals surface area contributed by atoms with Crippen LogP contribution in [0.25, 0.3) is 0 Å². The van der Waals surface area contributed by atoms with E-state index in [0.717, 1.165) is 12.7 Å². The summed E-state index contributed by atoms with van der Waals surface area (Å²) in [6, 6.07) is 8.88. The summed E-state index contributed by atoms with van der Waals surface area (Å²) in [6.45, 7) is 5.84. The van der Waals surface area contributed by atoms with Crippen molar-refractivity contribution >= 4 is 62.3 Å². The van der Waals surface area contributed by atoms with Gasteiger partial charge in [-0.3, -0.25) is 13.9 Å². The van der Waals surface area contributed by atoms with E-state index < -0.39 is 16.1 Å². The molecule has 8 nitrogen and oxygen atoms in total. The Balaban J connectivity index is 2.28. The van der Waals surface area contributed by atoms with Gasteiger partial charge in [-0.15, -0.1) is 0 Å². The summed E-state index contributed by atoms with van der Waals surface area (Å²) >= 11 is 18.7. The van der Waals surface area contributed by atoms with Gasteiger partial charge in [-0.1, -0.05) is 54.7 Å². The molecule has 2 aromatic carbocycles. The molecular formula is C27H36Cl3N3O5S. The fourth-order valence-electron chi connectivity index (χ4n) is 4.01. The van der Waals surface area contributed by atoms with Gasteiger partial charge in [0.15, 0.2) is 0 Å². The molecule has 0 spiro atoms. The van der Waals surface area contributed by atoms with Gasteiger partial charge in [0.2, 0.25) is 21.8 Å². The number of hydrogen-bond donors (Lipinski definition) is 1. The number of nitrogens with one attached hydrogen (secondary N) is 1. The first kappa shape index (κ1) is 33.0. The van der Waals surface area contributed by atoms with Crippen molar-refractivity contribution in [2.24, 2.45) is 0 Å². The molecule has 0 bridgehead atoms. The number of anilines is 1. The standard InChI is InChI=1S/C27H36Cl3N3O5S/c1-6-18(3)31-27(35)24(7-2)32(17-19-10-11-20(28)15-22(19)29)26(34)9-8-14-33(39(5,36)37)21-12-13-25(38-4)23(30)16-21/h10-13,15-16,18,24H,6-9,14,17H2,1-5H3,(H,31,35)/t18-,24+/m0/s1. The number of amides is 2. The molecule has 0 aliphatic carbocycles. The van der Waals surface area contributed by atoms with Crippen molar-refractivity contribution in [3.63, 3.8) is 0 Å². The van der Waals surface area contributed by atoms with E-state index in [1.165, 1.54) is 22.4 Å². The SMILES string of the molecule is CC[C@H](C(=O)N[C@@H](C)CC)N(Cc1ccc(Cl)cc1Cl)C(=O)CCCN(c1ccc(OC)c(Cl)c1)S(C)(=O)=O. The molecular weight excluding hydrogens is 585 g/mol. The van der Waals surface area contributed by atoms with Crippen LogP contribution in [-0.4, -0.2) is 57.1 Å². The van der Waals surface area contributed by atoms with Crippen LogP contribution in [-0.2, 0) is 26.2 Å². The summed E-state index contributed by atoms with van der Waals surface area (Å²) in [5, 5.41) is 4.07. The largest absolute Gasteiger partial charge is 0.495 e. The van der Waals surface area contributed by atoms with E-state index in [0.29, 0.717) is 33.5 Å². The van der Waals surface area contributed by atoms with Gasteiger partial charge < -0.3 is 15.0 Å². The molecule has 2 aromatic rings. The molecule has 0 fully saturated rings. The number of rotatable bonds is 14. The van der Waals surface area contributed by atoms with Crippen LogP contribution < -0.4 is 14.4 Å². The predicted molar refractivity (Wildman–Crippen MR) is 158 cm³/mol. The fourth-order valence-corrected chi connectivity index (χ4v) is 5.69. The van der Waals surface area contributed by atoms with E-state index in [4.69, 9.17) is 39.5 Å². The molecule has 2 amide bonds. The first-order valence-corrected chi connectivity index (χ1v) is 15.7. The molecule has 2 rings (SSSR count). The molecule has 2 atom stereocenters. The third-order valence-electron chi connectivity index (χ3n) is 6.32. The van der Waals surface area contributed by atoms with Crippen LogP contribution in [0.1, 0.15) is 52.0 Å². The molecule has 0 heterocycles. The number of halogens is 3. The first-order valence-electron chi connectivity index (χ1n) is 12.7. The zero-order valence-corrected chi connectivity index (χ0v) is 25.9. The summed E-state index contributed by atoms with van der Waals surface area (Å²) in [7, 11) is -2.20. The Kier molecular flexibility index (Phi) is 12.7. The number of ether oxygens (including phenoxy) is 1. The van der Waals surface area contributed by atoms with Crippen molar-refractivity contribution in [2.45, 2.75) is 65.1 Å². The van der Waals surface area contributed by atoms with Crippen molar-refractivity contribution in [2.75, 3.05) is 24.2 Å². The maximum absolute atomic E-state index is 13.6. The Bertz CT molecular complexity index is 1260. The number of carbonyl (C=O) groups is 2. The van der Waals surface area contributed by atoms with Gasteiger partial charge in [0, 0.05) is 35.6 Å². The van der Waals surface area contributed by atoms with Crippen LogP contribution in [0.4, 0.5) is 5.69 Å². The molecule has 0 saturated heterocycles. The van der Waals surface area contributed by atoms with Crippen molar-refractivity contribution in [1.29, 1.82) is 0 Å². The van der Waals surface area contributed by atoms with E-state index in [-0.39, 0.29) is 48.8 Å². The molecule has 216 valence electrons. The quantitative estimate of drug-likeness (QED) is 0.283. The highest BCUT2D eigenvalue weighted by atomic mass is 35.5. The number of sulfonamides is 1.